The Morgan fingerprint density at radius 1 is 1.00 bits per heavy atom. The number of hydrogen-bond donors (Lipinski definition) is 3. The summed E-state index contributed by atoms with van der Waals surface area (Å²) in [6.07, 6.45) is 1.85. The van der Waals surface area contributed by atoms with Gasteiger partial charge >= 0.3 is 0 Å². The van der Waals surface area contributed by atoms with Crippen LogP contribution in [-0.2, 0) is 0 Å². The van der Waals surface area contributed by atoms with Gasteiger partial charge in [0.2, 0.25) is 0 Å². The molecule has 2 atom stereocenters. The first-order valence-corrected chi connectivity index (χ1v) is 11.4. The molecule has 1 aliphatic heterocycles. The first-order chi connectivity index (χ1) is 15.5. The van der Waals surface area contributed by atoms with Crippen LogP contribution in [0.4, 0.5) is 0 Å². The fourth-order valence-electron chi connectivity index (χ4n) is 3.89. The van der Waals surface area contributed by atoms with E-state index < -0.39 is 0 Å². The van der Waals surface area contributed by atoms with Crippen LogP contribution >= 0.6 is 15.9 Å². The van der Waals surface area contributed by atoms with Crippen LogP contribution in [0, 0.1) is 6.92 Å². The second kappa shape index (κ2) is 9.67. The lowest BCUT2D eigenvalue weighted by Crippen LogP contribution is -2.39. The van der Waals surface area contributed by atoms with Crippen molar-refractivity contribution < 1.29 is 14.6 Å². The standard InChI is InChI=1S/C26H27BrN2O3/c1-4-32-24-7-5-6-19(25(24)30)22-15-21(17-10-8-16(2)9-11-17)28-26(29-22)20-14-18(27)12-13-23(20)31-3/h5-15,22,26,28-30H,4H2,1-3H3. The third-order valence-corrected chi connectivity index (χ3v) is 6.00. The zero-order valence-electron chi connectivity index (χ0n) is 18.4. The van der Waals surface area contributed by atoms with Gasteiger partial charge < -0.3 is 19.9 Å². The summed E-state index contributed by atoms with van der Waals surface area (Å²) in [5.41, 5.74) is 4.96. The van der Waals surface area contributed by atoms with E-state index >= 15 is 0 Å². The van der Waals surface area contributed by atoms with Gasteiger partial charge in [-0.15, -0.1) is 0 Å². The molecule has 0 fully saturated rings. The van der Waals surface area contributed by atoms with Crippen LogP contribution < -0.4 is 20.1 Å². The van der Waals surface area contributed by atoms with Gasteiger partial charge in [-0.2, -0.15) is 0 Å². The van der Waals surface area contributed by atoms with Crippen molar-refractivity contribution >= 4 is 21.6 Å². The summed E-state index contributed by atoms with van der Waals surface area (Å²) in [6, 6.07) is 19.7. The Morgan fingerprint density at radius 2 is 1.78 bits per heavy atom. The van der Waals surface area contributed by atoms with Crippen LogP contribution in [0.3, 0.4) is 0 Å². The van der Waals surface area contributed by atoms with Gasteiger partial charge in [0.25, 0.3) is 0 Å². The monoisotopic (exact) mass is 494 g/mol. The molecule has 166 valence electrons. The van der Waals surface area contributed by atoms with Gasteiger partial charge in [0.1, 0.15) is 11.9 Å². The van der Waals surface area contributed by atoms with E-state index in [9.17, 15) is 5.11 Å². The molecule has 0 radical (unpaired) electrons. The first kappa shape index (κ1) is 22.2. The van der Waals surface area contributed by atoms with E-state index in [1.54, 1.807) is 13.2 Å². The molecule has 4 rings (SSSR count). The number of para-hydroxylation sites is 1. The van der Waals surface area contributed by atoms with Crippen molar-refractivity contribution in [3.8, 4) is 17.2 Å². The third kappa shape index (κ3) is 4.61. The fourth-order valence-corrected chi connectivity index (χ4v) is 4.27. The lowest BCUT2D eigenvalue weighted by atomic mass is 9.97. The maximum atomic E-state index is 10.9. The number of aromatic hydroxyl groups is 1. The molecular formula is C26H27BrN2O3. The minimum atomic E-state index is -0.248. The van der Waals surface area contributed by atoms with Crippen LogP contribution in [0.1, 0.15) is 41.4 Å². The molecule has 3 aromatic rings. The van der Waals surface area contributed by atoms with Gasteiger partial charge in [-0.05, 0) is 49.8 Å². The van der Waals surface area contributed by atoms with E-state index in [4.69, 9.17) is 9.47 Å². The molecule has 0 saturated carbocycles. The average molecular weight is 495 g/mol. The number of ether oxygens (including phenoxy) is 2. The predicted molar refractivity (Wildman–Crippen MR) is 131 cm³/mol. The fraction of sp³-hybridized carbons (Fsp3) is 0.231. The molecule has 1 aliphatic rings. The van der Waals surface area contributed by atoms with Crippen LogP contribution in [0.5, 0.6) is 17.2 Å². The summed E-state index contributed by atoms with van der Waals surface area (Å²) in [5.74, 6) is 1.40. The van der Waals surface area contributed by atoms with E-state index in [0.717, 1.165) is 32.6 Å². The van der Waals surface area contributed by atoms with E-state index in [2.05, 4.69) is 63.8 Å². The number of rotatable bonds is 6. The number of halogens is 1. The summed E-state index contributed by atoms with van der Waals surface area (Å²) < 4.78 is 12.2. The van der Waals surface area contributed by atoms with Gasteiger partial charge in [-0.1, -0.05) is 57.9 Å². The zero-order valence-corrected chi connectivity index (χ0v) is 19.9. The maximum absolute atomic E-state index is 10.9. The van der Waals surface area contributed by atoms with Crippen LogP contribution in [-0.4, -0.2) is 18.8 Å². The zero-order chi connectivity index (χ0) is 22.7. The smallest absolute Gasteiger partial charge is 0.162 e. The third-order valence-electron chi connectivity index (χ3n) is 5.51. The molecule has 0 amide bonds. The van der Waals surface area contributed by atoms with E-state index in [1.807, 2.05) is 37.3 Å². The molecule has 0 bridgehead atoms. The number of hydrogen-bond acceptors (Lipinski definition) is 5. The van der Waals surface area contributed by atoms with Gasteiger partial charge in [0.05, 0.1) is 19.8 Å². The largest absolute Gasteiger partial charge is 0.504 e. The van der Waals surface area contributed by atoms with E-state index in [1.165, 1.54) is 5.56 Å². The molecule has 3 N–H and O–H groups in total. The Balaban J connectivity index is 1.80. The average Bonchev–Trinajstić information content (AvgIpc) is 2.80. The molecule has 0 aliphatic carbocycles. The number of phenolic OH excluding ortho intramolecular Hbond substituents is 1. The van der Waals surface area contributed by atoms with E-state index in [0.29, 0.717) is 12.4 Å². The molecule has 3 aromatic carbocycles. The number of phenols is 1. The Morgan fingerprint density at radius 3 is 2.50 bits per heavy atom. The number of benzene rings is 3. The number of nitrogens with one attached hydrogen (secondary N) is 2. The maximum Gasteiger partial charge on any atom is 0.162 e. The lowest BCUT2D eigenvalue weighted by Gasteiger charge is -2.34. The Bertz CT molecular complexity index is 1130. The van der Waals surface area contributed by atoms with Gasteiger partial charge in [0.15, 0.2) is 11.5 Å². The molecule has 0 aromatic heterocycles. The predicted octanol–water partition coefficient (Wildman–Crippen LogP) is 5.84. The minimum absolute atomic E-state index is 0.146. The van der Waals surface area contributed by atoms with Crippen molar-refractivity contribution in [1.29, 1.82) is 0 Å². The molecule has 5 nitrogen and oxygen atoms in total. The Hall–Kier alpha value is -2.96. The molecule has 32 heavy (non-hydrogen) atoms. The summed E-state index contributed by atoms with van der Waals surface area (Å²) in [4.78, 5) is 0. The van der Waals surface area contributed by atoms with Crippen molar-refractivity contribution in [1.82, 2.24) is 10.6 Å². The highest BCUT2D eigenvalue weighted by atomic mass is 79.9. The lowest BCUT2D eigenvalue weighted by molar-refractivity contribution is 0.314. The number of aryl methyl sites for hydroxylation is 1. The normalized spacial score (nSPS) is 17.9. The highest BCUT2D eigenvalue weighted by Crippen LogP contribution is 2.39. The molecule has 6 heteroatoms. The van der Waals surface area contributed by atoms with Crippen molar-refractivity contribution in [2.24, 2.45) is 0 Å². The topological polar surface area (TPSA) is 62.8 Å². The highest BCUT2D eigenvalue weighted by Gasteiger charge is 2.28. The molecular weight excluding hydrogens is 468 g/mol. The molecule has 0 spiro atoms. The SMILES string of the molecule is CCOc1cccc(C2C=C(c3ccc(C)cc3)NC(c3cc(Br)ccc3OC)N2)c1O. The summed E-state index contributed by atoms with van der Waals surface area (Å²) in [6.45, 7) is 4.46. The van der Waals surface area contributed by atoms with Gasteiger partial charge in [-0.25, -0.2) is 0 Å². The van der Waals surface area contributed by atoms with E-state index in [-0.39, 0.29) is 18.0 Å². The van der Waals surface area contributed by atoms with Crippen LogP contribution in [0.15, 0.2) is 71.2 Å². The van der Waals surface area contributed by atoms with Crippen molar-refractivity contribution in [3.63, 3.8) is 0 Å². The Labute approximate surface area is 197 Å². The first-order valence-electron chi connectivity index (χ1n) is 10.6. The minimum Gasteiger partial charge on any atom is -0.504 e. The Kier molecular flexibility index (Phi) is 6.72. The second-order valence-corrected chi connectivity index (χ2v) is 8.60. The molecule has 1 heterocycles. The van der Waals surface area contributed by atoms with Gasteiger partial charge in [-0.3, -0.25) is 5.32 Å². The highest BCUT2D eigenvalue weighted by molar-refractivity contribution is 9.10. The van der Waals surface area contributed by atoms with Crippen LogP contribution in [0.2, 0.25) is 0 Å². The molecule has 0 saturated heterocycles. The second-order valence-electron chi connectivity index (χ2n) is 7.68. The molecule has 2 unspecified atom stereocenters. The number of methoxy groups -OCH3 is 1. The van der Waals surface area contributed by atoms with Gasteiger partial charge in [0, 0.05) is 21.3 Å². The summed E-state index contributed by atoms with van der Waals surface area (Å²) in [7, 11) is 1.67. The van der Waals surface area contributed by atoms with Crippen molar-refractivity contribution in [3.05, 3.63) is 93.5 Å². The van der Waals surface area contributed by atoms with Crippen LogP contribution in [0.25, 0.3) is 5.70 Å². The van der Waals surface area contributed by atoms with Crippen molar-refractivity contribution in [2.45, 2.75) is 26.1 Å². The van der Waals surface area contributed by atoms with Crippen molar-refractivity contribution in [2.75, 3.05) is 13.7 Å². The summed E-state index contributed by atoms with van der Waals surface area (Å²) in [5, 5.41) is 18.1. The quantitative estimate of drug-likeness (QED) is 0.401. The summed E-state index contributed by atoms with van der Waals surface area (Å²) >= 11 is 3.58.